The number of hydrogen-bond acceptors (Lipinski definition) is 4. The molecule has 1 atom stereocenters. The third-order valence-electron chi connectivity index (χ3n) is 3.55. The summed E-state index contributed by atoms with van der Waals surface area (Å²) in [5.74, 6) is 0.832. The highest BCUT2D eigenvalue weighted by molar-refractivity contribution is 5.97. The summed E-state index contributed by atoms with van der Waals surface area (Å²) in [6.07, 6.45) is -0.229. The van der Waals surface area contributed by atoms with Crippen LogP contribution in [0.1, 0.15) is 6.42 Å². The summed E-state index contributed by atoms with van der Waals surface area (Å²) in [5.41, 5.74) is 0.666. The van der Waals surface area contributed by atoms with Gasteiger partial charge in [0.2, 0.25) is 0 Å². The second kappa shape index (κ2) is 7.50. The third kappa shape index (κ3) is 4.04. The summed E-state index contributed by atoms with van der Waals surface area (Å²) in [4.78, 5) is 23.7. The largest absolute Gasteiger partial charge is 0.484 e. The molecule has 1 aliphatic heterocycles. The van der Waals surface area contributed by atoms with Gasteiger partial charge in [-0.3, -0.25) is 9.59 Å². The fourth-order valence-electron chi connectivity index (χ4n) is 2.34. The van der Waals surface area contributed by atoms with Gasteiger partial charge in [0.15, 0.2) is 12.7 Å². The summed E-state index contributed by atoms with van der Waals surface area (Å²) in [6, 6.07) is 16.4. The number of rotatable bonds is 6. The van der Waals surface area contributed by atoms with Gasteiger partial charge in [0.25, 0.3) is 11.8 Å². The number of ether oxygens (including phenoxy) is 2. The van der Waals surface area contributed by atoms with E-state index in [2.05, 4.69) is 10.6 Å². The number of hydrogen-bond donors (Lipinski definition) is 2. The number of nitrogens with one attached hydrogen (secondary N) is 2. The van der Waals surface area contributed by atoms with Crippen LogP contribution in [0.15, 0.2) is 54.6 Å². The minimum atomic E-state index is -0.616. The third-order valence-corrected chi connectivity index (χ3v) is 3.55. The van der Waals surface area contributed by atoms with Gasteiger partial charge in [-0.25, -0.2) is 0 Å². The minimum absolute atomic E-state index is 0.0649. The van der Waals surface area contributed by atoms with Crippen molar-refractivity contribution in [3.8, 4) is 11.5 Å². The van der Waals surface area contributed by atoms with E-state index in [9.17, 15) is 9.59 Å². The van der Waals surface area contributed by atoms with Gasteiger partial charge >= 0.3 is 0 Å². The predicted octanol–water partition coefficient (Wildman–Crippen LogP) is 1.97. The second-order valence-corrected chi connectivity index (χ2v) is 5.33. The molecular formula is C18H18N2O4. The predicted molar refractivity (Wildman–Crippen MR) is 89.1 cm³/mol. The fourth-order valence-corrected chi connectivity index (χ4v) is 2.34. The average molecular weight is 326 g/mol. The van der Waals surface area contributed by atoms with Crippen LogP contribution in [0.25, 0.3) is 0 Å². The van der Waals surface area contributed by atoms with E-state index in [0.29, 0.717) is 30.2 Å². The zero-order valence-electron chi connectivity index (χ0n) is 13.0. The first kappa shape index (κ1) is 15.9. The summed E-state index contributed by atoms with van der Waals surface area (Å²) in [6.45, 7) is 0.266. The first-order chi connectivity index (χ1) is 11.7. The first-order valence-corrected chi connectivity index (χ1v) is 7.73. The van der Waals surface area contributed by atoms with Gasteiger partial charge in [0.1, 0.15) is 11.5 Å². The van der Waals surface area contributed by atoms with Crippen molar-refractivity contribution in [2.24, 2.45) is 0 Å². The van der Waals surface area contributed by atoms with Gasteiger partial charge in [-0.1, -0.05) is 30.3 Å². The quantitative estimate of drug-likeness (QED) is 0.851. The van der Waals surface area contributed by atoms with Gasteiger partial charge in [-0.05, 0) is 24.3 Å². The molecule has 2 amide bonds. The molecule has 0 bridgehead atoms. The molecular weight excluding hydrogens is 308 g/mol. The van der Waals surface area contributed by atoms with E-state index in [1.165, 1.54) is 0 Å². The maximum absolute atomic E-state index is 12.0. The molecule has 2 aromatic rings. The highest BCUT2D eigenvalue weighted by atomic mass is 16.5. The van der Waals surface area contributed by atoms with Crippen molar-refractivity contribution in [2.75, 3.05) is 18.5 Å². The lowest BCUT2D eigenvalue weighted by Crippen LogP contribution is -2.40. The average Bonchev–Trinajstić information content (AvgIpc) is 2.61. The highest BCUT2D eigenvalue weighted by Gasteiger charge is 2.26. The van der Waals surface area contributed by atoms with Crippen molar-refractivity contribution in [3.63, 3.8) is 0 Å². The van der Waals surface area contributed by atoms with Crippen LogP contribution in [0, 0.1) is 0 Å². The monoisotopic (exact) mass is 326 g/mol. The first-order valence-electron chi connectivity index (χ1n) is 7.73. The number of anilines is 1. The Balaban J connectivity index is 1.42. The van der Waals surface area contributed by atoms with Crippen LogP contribution in [0.2, 0.25) is 0 Å². The molecule has 124 valence electrons. The summed E-state index contributed by atoms with van der Waals surface area (Å²) < 4.78 is 11.0. The van der Waals surface area contributed by atoms with Crippen LogP contribution in [-0.4, -0.2) is 31.1 Å². The Kier molecular flexibility index (Phi) is 4.96. The van der Waals surface area contributed by atoms with Crippen LogP contribution >= 0.6 is 0 Å². The van der Waals surface area contributed by atoms with Gasteiger partial charge in [0.05, 0.1) is 5.69 Å². The van der Waals surface area contributed by atoms with Crippen molar-refractivity contribution >= 4 is 17.5 Å². The van der Waals surface area contributed by atoms with Gasteiger partial charge < -0.3 is 20.1 Å². The summed E-state index contributed by atoms with van der Waals surface area (Å²) >= 11 is 0. The van der Waals surface area contributed by atoms with E-state index in [1.54, 1.807) is 24.3 Å². The van der Waals surface area contributed by atoms with Crippen molar-refractivity contribution in [1.29, 1.82) is 0 Å². The molecule has 3 rings (SSSR count). The molecule has 1 aliphatic rings. The molecule has 1 heterocycles. The van der Waals surface area contributed by atoms with Crippen LogP contribution in [0.3, 0.4) is 0 Å². The molecule has 2 aromatic carbocycles. The maximum Gasteiger partial charge on any atom is 0.265 e. The number of amides is 2. The Morgan fingerprint density at radius 3 is 2.71 bits per heavy atom. The molecule has 0 spiro atoms. The van der Waals surface area contributed by atoms with Crippen molar-refractivity contribution < 1.29 is 19.1 Å². The Hall–Kier alpha value is -3.02. The molecule has 2 N–H and O–H groups in total. The summed E-state index contributed by atoms with van der Waals surface area (Å²) in [7, 11) is 0. The van der Waals surface area contributed by atoms with Gasteiger partial charge in [-0.15, -0.1) is 0 Å². The van der Waals surface area contributed by atoms with Gasteiger partial charge in [-0.2, -0.15) is 0 Å². The minimum Gasteiger partial charge on any atom is -0.484 e. The van der Waals surface area contributed by atoms with E-state index in [-0.39, 0.29) is 18.4 Å². The van der Waals surface area contributed by atoms with Gasteiger partial charge in [0, 0.05) is 13.0 Å². The number of benzene rings is 2. The number of carbonyl (C=O) groups is 2. The highest BCUT2D eigenvalue weighted by Crippen LogP contribution is 2.29. The fraction of sp³-hybridized carbons (Fsp3) is 0.222. The van der Waals surface area contributed by atoms with Crippen LogP contribution < -0.4 is 20.1 Å². The van der Waals surface area contributed by atoms with Crippen LogP contribution in [0.5, 0.6) is 11.5 Å². The normalized spacial score (nSPS) is 15.7. The molecule has 0 saturated carbocycles. The van der Waals surface area contributed by atoms with E-state index < -0.39 is 6.10 Å². The number of para-hydroxylation sites is 3. The molecule has 1 unspecified atom stereocenters. The zero-order chi connectivity index (χ0) is 16.8. The molecule has 0 saturated heterocycles. The Labute approximate surface area is 139 Å². The number of fused-ring (bicyclic) bond motifs is 1. The van der Waals surface area contributed by atoms with Crippen LogP contribution in [0.4, 0.5) is 5.69 Å². The lowest BCUT2D eigenvalue weighted by Gasteiger charge is -2.25. The molecule has 0 aromatic heterocycles. The number of carbonyl (C=O) groups excluding carboxylic acids is 2. The molecule has 0 fully saturated rings. The second-order valence-electron chi connectivity index (χ2n) is 5.33. The lowest BCUT2D eigenvalue weighted by molar-refractivity contribution is -0.125. The van der Waals surface area contributed by atoms with Crippen molar-refractivity contribution in [3.05, 3.63) is 54.6 Å². The zero-order valence-corrected chi connectivity index (χ0v) is 13.0. The summed E-state index contributed by atoms with van der Waals surface area (Å²) in [5, 5.41) is 5.51. The lowest BCUT2D eigenvalue weighted by atomic mass is 10.1. The van der Waals surface area contributed by atoms with E-state index in [1.807, 2.05) is 30.3 Å². The molecule has 24 heavy (non-hydrogen) atoms. The molecule has 6 heteroatoms. The SMILES string of the molecule is O=C(COc1ccccc1)NCCC1Oc2ccccc2NC1=O. The topological polar surface area (TPSA) is 76.7 Å². The van der Waals surface area contributed by atoms with E-state index >= 15 is 0 Å². The molecule has 0 radical (unpaired) electrons. The van der Waals surface area contributed by atoms with E-state index in [4.69, 9.17) is 9.47 Å². The van der Waals surface area contributed by atoms with Crippen molar-refractivity contribution in [2.45, 2.75) is 12.5 Å². The Bertz CT molecular complexity index is 718. The smallest absolute Gasteiger partial charge is 0.265 e. The standard InChI is InChI=1S/C18H18N2O4/c21-17(12-23-13-6-2-1-3-7-13)19-11-10-16-18(22)20-14-8-4-5-9-15(14)24-16/h1-9,16H,10-12H2,(H,19,21)(H,20,22). The van der Waals surface area contributed by atoms with E-state index in [0.717, 1.165) is 0 Å². The molecule has 0 aliphatic carbocycles. The molecule has 6 nitrogen and oxygen atoms in total. The Morgan fingerprint density at radius 1 is 1.12 bits per heavy atom. The van der Waals surface area contributed by atoms with Crippen molar-refractivity contribution in [1.82, 2.24) is 5.32 Å². The van der Waals surface area contributed by atoms with Crippen LogP contribution in [-0.2, 0) is 9.59 Å². The Morgan fingerprint density at radius 2 is 1.88 bits per heavy atom. The maximum atomic E-state index is 12.0.